The highest BCUT2D eigenvalue weighted by molar-refractivity contribution is 8.01. The van der Waals surface area contributed by atoms with E-state index in [4.69, 9.17) is 5.14 Å². The van der Waals surface area contributed by atoms with Crippen molar-refractivity contribution < 1.29 is 32.7 Å². The molecule has 2 fully saturated rings. The number of carbonyl (C=O) groups is 4. The van der Waals surface area contributed by atoms with Gasteiger partial charge in [0, 0.05) is 11.3 Å². The Morgan fingerprint density at radius 2 is 1.74 bits per heavy atom. The number of primary sulfonamides is 1. The minimum Gasteiger partial charge on any atom is -0.480 e. The number of aliphatic carboxylic acids is 1. The van der Waals surface area contributed by atoms with Crippen LogP contribution < -0.4 is 21.1 Å². The third kappa shape index (κ3) is 6.02. The summed E-state index contributed by atoms with van der Waals surface area (Å²) in [5, 5.41) is 22.2. The molecular weight excluding hydrogens is 546 g/mol. The Morgan fingerprint density at radius 3 is 2.33 bits per heavy atom. The van der Waals surface area contributed by atoms with Crippen LogP contribution in [0.2, 0.25) is 0 Å². The number of sulfonamides is 1. The number of nitrogens with two attached hydrogens (primary N) is 1. The minimum atomic E-state index is -3.80. The monoisotopic (exact) mass is 575 g/mol. The van der Waals surface area contributed by atoms with Crippen molar-refractivity contribution in [3.63, 3.8) is 0 Å². The normalized spacial score (nSPS) is 22.3. The van der Waals surface area contributed by atoms with Crippen LogP contribution in [0.4, 0.5) is 4.79 Å². The van der Waals surface area contributed by atoms with E-state index in [1.807, 2.05) is 0 Å². The summed E-state index contributed by atoms with van der Waals surface area (Å²) in [5.41, 5.74) is 1.26. The molecule has 2 aliphatic rings. The molecular formula is C25H29N5O7S2. The van der Waals surface area contributed by atoms with Gasteiger partial charge in [-0.2, -0.15) is 0 Å². The fourth-order valence-electron chi connectivity index (χ4n) is 4.68. The predicted octanol–water partition coefficient (Wildman–Crippen LogP) is 0.549. The Kier molecular flexibility index (Phi) is 7.91. The van der Waals surface area contributed by atoms with E-state index in [-0.39, 0.29) is 11.4 Å². The van der Waals surface area contributed by atoms with Crippen LogP contribution in [-0.4, -0.2) is 71.0 Å². The molecule has 4 atom stereocenters. The quantitative estimate of drug-likeness (QED) is 0.268. The van der Waals surface area contributed by atoms with Crippen LogP contribution in [0.15, 0.2) is 59.5 Å². The zero-order valence-electron chi connectivity index (χ0n) is 21.2. The van der Waals surface area contributed by atoms with Gasteiger partial charge in [0.05, 0.1) is 4.90 Å². The number of rotatable bonds is 9. The highest BCUT2D eigenvalue weighted by Gasteiger charge is 2.64. The summed E-state index contributed by atoms with van der Waals surface area (Å²) in [6.45, 7) is 3.69. The number of nitrogens with zero attached hydrogens (tertiary/aromatic N) is 1. The molecule has 2 aromatic carbocycles. The average Bonchev–Trinajstić information content (AvgIpc) is 3.13. The highest BCUT2D eigenvalue weighted by atomic mass is 32.2. The van der Waals surface area contributed by atoms with Gasteiger partial charge < -0.3 is 26.0 Å². The van der Waals surface area contributed by atoms with Crippen LogP contribution in [0.3, 0.4) is 0 Å². The molecule has 0 radical (unpaired) electrons. The van der Waals surface area contributed by atoms with Gasteiger partial charge in [-0.05, 0) is 43.5 Å². The molecule has 0 saturated carbocycles. The Balaban J connectivity index is 1.38. The van der Waals surface area contributed by atoms with E-state index in [0.29, 0.717) is 12.0 Å². The molecule has 6 N–H and O–H groups in total. The topological polar surface area (TPSA) is 188 Å². The summed E-state index contributed by atoms with van der Waals surface area (Å²) >= 11 is 1.31. The number of urea groups is 1. The van der Waals surface area contributed by atoms with Gasteiger partial charge in [0.15, 0.2) is 0 Å². The van der Waals surface area contributed by atoms with Crippen molar-refractivity contribution in [2.75, 3.05) is 6.54 Å². The van der Waals surface area contributed by atoms with E-state index in [0.717, 1.165) is 5.56 Å². The Morgan fingerprint density at radius 1 is 1.10 bits per heavy atom. The summed E-state index contributed by atoms with van der Waals surface area (Å²) < 4.78 is 22.0. The number of fused-ring (bicyclic) bond motifs is 1. The second-order valence-corrected chi connectivity index (χ2v) is 13.1. The molecule has 2 heterocycles. The Hall–Kier alpha value is -3.62. The van der Waals surface area contributed by atoms with E-state index in [9.17, 15) is 32.7 Å². The lowest BCUT2D eigenvalue weighted by molar-refractivity contribution is -0.161. The molecule has 2 saturated heterocycles. The van der Waals surface area contributed by atoms with Crippen LogP contribution in [0.25, 0.3) is 0 Å². The number of hydrogen-bond acceptors (Lipinski definition) is 7. The van der Waals surface area contributed by atoms with E-state index >= 15 is 0 Å². The second kappa shape index (κ2) is 10.9. The van der Waals surface area contributed by atoms with Crippen molar-refractivity contribution in [2.45, 2.75) is 53.4 Å². The van der Waals surface area contributed by atoms with Crippen molar-refractivity contribution in [3.05, 3.63) is 65.7 Å². The molecule has 2 aromatic rings. The molecule has 14 heteroatoms. The van der Waals surface area contributed by atoms with Crippen molar-refractivity contribution in [1.29, 1.82) is 0 Å². The minimum absolute atomic E-state index is 0.0141. The van der Waals surface area contributed by atoms with Crippen molar-refractivity contribution in [2.24, 2.45) is 5.14 Å². The first kappa shape index (κ1) is 28.4. The smallest absolute Gasteiger partial charge is 0.327 e. The van der Waals surface area contributed by atoms with Crippen molar-refractivity contribution in [1.82, 2.24) is 20.9 Å². The number of carboxylic acid groups (broad SMARTS) is 1. The largest absolute Gasteiger partial charge is 0.480 e. The van der Waals surface area contributed by atoms with Gasteiger partial charge in [0.25, 0.3) is 0 Å². The first-order chi connectivity index (χ1) is 18.3. The second-order valence-electron chi connectivity index (χ2n) is 9.77. The fraction of sp³-hybridized carbons (Fsp3) is 0.360. The fourth-order valence-corrected chi connectivity index (χ4v) is 6.82. The van der Waals surface area contributed by atoms with Crippen LogP contribution in [0.5, 0.6) is 0 Å². The SMILES string of the molecule is CC1(C)S[C@@H]2[C@H](NC(=O)[C@H](NC(=O)NCCc3ccc(S(N)(=O)=O)cc3)c3ccccc3)C(=O)N2[C@H]1C(=O)O. The molecule has 12 nitrogen and oxygen atoms in total. The lowest BCUT2D eigenvalue weighted by Crippen LogP contribution is -2.71. The standard InChI is InChI=1S/C25H29N5O7S2/c1-25(2)19(23(33)34)30-21(32)18(22(30)38-25)28-20(31)17(15-6-4-3-5-7-15)29-24(35)27-13-12-14-8-10-16(11-9-14)39(26,36)37/h3-11,17-19,22H,12-13H2,1-2H3,(H,28,31)(H,33,34)(H2,26,36,37)(H2,27,29,35)/t17-,18-,19+,22-/m1/s1. The molecule has 0 bridgehead atoms. The lowest BCUT2D eigenvalue weighted by Gasteiger charge is -2.44. The zero-order chi connectivity index (χ0) is 28.5. The summed E-state index contributed by atoms with van der Waals surface area (Å²) in [6, 6.07) is 10.8. The average molecular weight is 576 g/mol. The van der Waals surface area contributed by atoms with Gasteiger partial charge >= 0.3 is 12.0 Å². The highest BCUT2D eigenvalue weighted by Crippen LogP contribution is 2.50. The first-order valence-electron chi connectivity index (χ1n) is 12.0. The molecule has 0 spiro atoms. The van der Waals surface area contributed by atoms with E-state index in [1.54, 1.807) is 56.3 Å². The molecule has 0 aromatic heterocycles. The molecule has 4 amide bonds. The molecule has 4 rings (SSSR count). The van der Waals surface area contributed by atoms with Gasteiger partial charge in [-0.3, -0.25) is 9.59 Å². The number of carbonyl (C=O) groups excluding carboxylic acids is 3. The van der Waals surface area contributed by atoms with Gasteiger partial charge in [0.1, 0.15) is 23.5 Å². The molecule has 208 valence electrons. The molecule has 0 aliphatic carbocycles. The number of benzene rings is 2. The molecule has 0 unspecified atom stereocenters. The van der Waals surface area contributed by atoms with E-state index in [2.05, 4.69) is 16.0 Å². The van der Waals surface area contributed by atoms with Crippen LogP contribution in [0.1, 0.15) is 31.0 Å². The molecule has 39 heavy (non-hydrogen) atoms. The predicted molar refractivity (Wildman–Crippen MR) is 143 cm³/mol. The Labute approximate surface area is 229 Å². The number of nitrogens with one attached hydrogen (secondary N) is 3. The maximum Gasteiger partial charge on any atom is 0.327 e. The number of hydrogen-bond donors (Lipinski definition) is 5. The summed E-state index contributed by atoms with van der Waals surface area (Å²) in [5.74, 6) is -2.19. The van der Waals surface area contributed by atoms with Crippen molar-refractivity contribution >= 4 is 45.6 Å². The number of amides is 4. The summed E-state index contributed by atoms with van der Waals surface area (Å²) in [6.07, 6.45) is 0.395. The number of carboxylic acids is 1. The lowest BCUT2D eigenvalue weighted by atomic mass is 9.95. The van der Waals surface area contributed by atoms with Crippen LogP contribution in [0, 0.1) is 0 Å². The maximum atomic E-state index is 13.3. The third-order valence-corrected chi connectivity index (χ3v) is 9.10. The van der Waals surface area contributed by atoms with Gasteiger partial charge in [-0.25, -0.2) is 23.1 Å². The van der Waals surface area contributed by atoms with Gasteiger partial charge in [-0.1, -0.05) is 42.5 Å². The zero-order valence-corrected chi connectivity index (χ0v) is 22.8. The summed E-state index contributed by atoms with van der Waals surface area (Å²) in [4.78, 5) is 51.8. The van der Waals surface area contributed by atoms with Gasteiger partial charge in [0.2, 0.25) is 21.8 Å². The summed E-state index contributed by atoms with van der Waals surface area (Å²) in [7, 11) is -3.80. The molecule has 2 aliphatic heterocycles. The first-order valence-corrected chi connectivity index (χ1v) is 14.5. The number of β-lactam (4-membered cyclic amide) rings is 1. The van der Waals surface area contributed by atoms with E-state index in [1.165, 1.54) is 28.8 Å². The Bertz CT molecular complexity index is 1380. The van der Waals surface area contributed by atoms with Crippen molar-refractivity contribution in [3.8, 4) is 0 Å². The number of thioether (sulfide) groups is 1. The van der Waals surface area contributed by atoms with Gasteiger partial charge in [-0.15, -0.1) is 11.8 Å². The van der Waals surface area contributed by atoms with Crippen LogP contribution >= 0.6 is 11.8 Å². The third-order valence-electron chi connectivity index (χ3n) is 6.59. The maximum absolute atomic E-state index is 13.3. The van der Waals surface area contributed by atoms with Crippen LogP contribution in [-0.2, 0) is 30.8 Å². The van der Waals surface area contributed by atoms with E-state index < -0.39 is 62.1 Å².